The van der Waals surface area contributed by atoms with E-state index >= 15 is 0 Å². The molecule has 1 unspecified atom stereocenters. The number of ether oxygens (including phenoxy) is 2. The Labute approximate surface area is 195 Å². The Kier molecular flexibility index (Phi) is 6.18. The largest absolute Gasteiger partial charge is 0.489 e. The lowest BCUT2D eigenvalue weighted by atomic mass is 9.88. The first-order valence-corrected chi connectivity index (χ1v) is 12.3. The SMILES string of the molecule is C=C1CCC(N2Cc3cc(O[C@@H]4CCCCC[C@@H]4NCC4(C)COC4)ccc3C2=O)C(=O)N1. The highest BCUT2D eigenvalue weighted by Gasteiger charge is 2.39. The Morgan fingerprint density at radius 3 is 2.79 bits per heavy atom. The molecular formula is C26H35N3O4. The molecule has 3 atom stereocenters. The van der Waals surface area contributed by atoms with Crippen LogP contribution in [0.3, 0.4) is 0 Å². The van der Waals surface area contributed by atoms with Crippen molar-refractivity contribution in [2.24, 2.45) is 5.41 Å². The zero-order valence-corrected chi connectivity index (χ0v) is 19.5. The summed E-state index contributed by atoms with van der Waals surface area (Å²) in [6.07, 6.45) is 7.19. The molecule has 3 fully saturated rings. The maximum Gasteiger partial charge on any atom is 0.255 e. The zero-order valence-electron chi connectivity index (χ0n) is 19.5. The molecule has 2 amide bonds. The van der Waals surface area contributed by atoms with Crippen molar-refractivity contribution in [2.45, 2.75) is 76.6 Å². The lowest BCUT2D eigenvalue weighted by molar-refractivity contribution is -0.126. The summed E-state index contributed by atoms with van der Waals surface area (Å²) in [5.74, 6) is 0.595. The van der Waals surface area contributed by atoms with E-state index in [2.05, 4.69) is 24.1 Å². The Bertz CT molecular complexity index is 941. The van der Waals surface area contributed by atoms with Crippen molar-refractivity contribution in [1.29, 1.82) is 0 Å². The van der Waals surface area contributed by atoms with Gasteiger partial charge < -0.3 is 25.0 Å². The molecule has 1 aliphatic carbocycles. The van der Waals surface area contributed by atoms with Crippen LogP contribution in [0.4, 0.5) is 0 Å². The van der Waals surface area contributed by atoms with Gasteiger partial charge in [-0.1, -0.05) is 26.3 Å². The molecule has 0 bridgehead atoms. The van der Waals surface area contributed by atoms with Crippen LogP contribution in [-0.4, -0.2) is 54.7 Å². The van der Waals surface area contributed by atoms with Crippen LogP contribution in [0.15, 0.2) is 30.5 Å². The summed E-state index contributed by atoms with van der Waals surface area (Å²) < 4.78 is 11.9. The van der Waals surface area contributed by atoms with Crippen LogP contribution in [-0.2, 0) is 16.1 Å². The minimum absolute atomic E-state index is 0.0748. The Morgan fingerprint density at radius 2 is 2.03 bits per heavy atom. The first-order valence-electron chi connectivity index (χ1n) is 12.3. The number of piperidine rings is 1. The number of hydrogen-bond donors (Lipinski definition) is 2. The number of carbonyl (C=O) groups is 2. The second kappa shape index (κ2) is 9.11. The van der Waals surface area contributed by atoms with Gasteiger partial charge >= 0.3 is 0 Å². The molecule has 1 aromatic rings. The van der Waals surface area contributed by atoms with Gasteiger partial charge in [0.1, 0.15) is 17.9 Å². The average molecular weight is 454 g/mol. The van der Waals surface area contributed by atoms with Crippen LogP contribution in [0, 0.1) is 5.41 Å². The minimum Gasteiger partial charge on any atom is -0.489 e. The van der Waals surface area contributed by atoms with E-state index in [0.29, 0.717) is 31.0 Å². The average Bonchev–Trinajstić information content (AvgIpc) is 2.93. The number of carbonyl (C=O) groups excluding carboxylic acids is 2. The zero-order chi connectivity index (χ0) is 23.0. The van der Waals surface area contributed by atoms with Crippen LogP contribution >= 0.6 is 0 Å². The van der Waals surface area contributed by atoms with E-state index in [0.717, 1.165) is 49.6 Å². The van der Waals surface area contributed by atoms with Crippen molar-refractivity contribution in [1.82, 2.24) is 15.5 Å². The molecule has 1 saturated carbocycles. The number of benzene rings is 1. The smallest absolute Gasteiger partial charge is 0.255 e. The number of rotatable bonds is 6. The van der Waals surface area contributed by atoms with E-state index in [1.54, 1.807) is 4.90 Å². The van der Waals surface area contributed by atoms with Gasteiger partial charge in [0.15, 0.2) is 0 Å². The predicted octanol–water partition coefficient (Wildman–Crippen LogP) is 3.14. The second-order valence-electron chi connectivity index (χ2n) is 10.5. The second-order valence-corrected chi connectivity index (χ2v) is 10.5. The van der Waals surface area contributed by atoms with E-state index in [9.17, 15) is 9.59 Å². The molecule has 33 heavy (non-hydrogen) atoms. The lowest BCUT2D eigenvalue weighted by Crippen LogP contribution is -2.52. The fraction of sp³-hybridized carbons (Fsp3) is 0.615. The van der Waals surface area contributed by atoms with Crippen molar-refractivity contribution >= 4 is 11.8 Å². The highest BCUT2D eigenvalue weighted by Crippen LogP contribution is 2.32. The van der Waals surface area contributed by atoms with Gasteiger partial charge in [0.05, 0.1) is 13.2 Å². The van der Waals surface area contributed by atoms with E-state index in [4.69, 9.17) is 9.47 Å². The van der Waals surface area contributed by atoms with Crippen LogP contribution < -0.4 is 15.4 Å². The maximum atomic E-state index is 13.0. The number of nitrogens with zero attached hydrogens (tertiary/aromatic N) is 1. The third-order valence-electron chi connectivity index (χ3n) is 7.54. The van der Waals surface area contributed by atoms with Crippen molar-refractivity contribution < 1.29 is 19.1 Å². The van der Waals surface area contributed by atoms with Crippen LogP contribution in [0.2, 0.25) is 0 Å². The standard InChI is InChI=1S/C26H35N3O4/c1-17-8-11-22(24(30)28-17)29-13-18-12-19(9-10-20(18)25(29)31)33-23-7-5-3-4-6-21(23)27-14-26(2)15-32-16-26/h9-10,12,21-23,27H,1,3-8,11,13-16H2,2H3,(H,28,30)/t21-,22?,23+/m0/s1. The number of nitrogens with one attached hydrogen (secondary N) is 2. The Balaban J connectivity index is 1.26. The van der Waals surface area contributed by atoms with Gasteiger partial charge in [0, 0.05) is 35.8 Å². The van der Waals surface area contributed by atoms with Crippen molar-refractivity contribution in [3.05, 3.63) is 41.6 Å². The summed E-state index contributed by atoms with van der Waals surface area (Å²) in [6.45, 7) is 9.13. The molecule has 0 spiro atoms. The summed E-state index contributed by atoms with van der Waals surface area (Å²) in [5.41, 5.74) is 2.56. The normalized spacial score (nSPS) is 29.2. The third kappa shape index (κ3) is 4.66. The topological polar surface area (TPSA) is 79.9 Å². The molecule has 3 aliphatic heterocycles. The van der Waals surface area contributed by atoms with Crippen molar-refractivity contribution in [2.75, 3.05) is 19.8 Å². The lowest BCUT2D eigenvalue weighted by Gasteiger charge is -2.40. The number of allylic oxidation sites excluding steroid dienone is 1. The van der Waals surface area contributed by atoms with Gasteiger partial charge in [-0.3, -0.25) is 9.59 Å². The molecule has 3 heterocycles. The van der Waals surface area contributed by atoms with Gasteiger partial charge in [-0.15, -0.1) is 0 Å². The molecule has 178 valence electrons. The Hall–Kier alpha value is -2.38. The first kappa shape index (κ1) is 22.4. The van der Waals surface area contributed by atoms with Gasteiger partial charge in [-0.25, -0.2) is 0 Å². The molecule has 7 nitrogen and oxygen atoms in total. The van der Waals surface area contributed by atoms with Crippen LogP contribution in [0.25, 0.3) is 0 Å². The maximum absolute atomic E-state index is 13.0. The fourth-order valence-electron chi connectivity index (χ4n) is 5.46. The van der Waals surface area contributed by atoms with E-state index in [1.165, 1.54) is 19.3 Å². The molecule has 5 rings (SSSR count). The molecule has 7 heteroatoms. The molecule has 2 N–H and O–H groups in total. The molecule has 2 saturated heterocycles. The summed E-state index contributed by atoms with van der Waals surface area (Å²) in [6, 6.07) is 5.64. The minimum atomic E-state index is -0.438. The van der Waals surface area contributed by atoms with E-state index in [-0.39, 0.29) is 23.3 Å². The summed E-state index contributed by atoms with van der Waals surface area (Å²) in [5, 5.41) is 6.57. The third-order valence-corrected chi connectivity index (χ3v) is 7.54. The summed E-state index contributed by atoms with van der Waals surface area (Å²) in [4.78, 5) is 27.1. The molecule has 0 aromatic heterocycles. The first-order chi connectivity index (χ1) is 15.9. The van der Waals surface area contributed by atoms with E-state index in [1.807, 2.05) is 18.2 Å². The fourth-order valence-corrected chi connectivity index (χ4v) is 5.46. The number of amides is 2. The van der Waals surface area contributed by atoms with Crippen molar-refractivity contribution in [3.63, 3.8) is 0 Å². The molecular weight excluding hydrogens is 418 g/mol. The van der Waals surface area contributed by atoms with Gasteiger partial charge in [0.2, 0.25) is 5.91 Å². The van der Waals surface area contributed by atoms with E-state index < -0.39 is 6.04 Å². The molecule has 0 radical (unpaired) electrons. The molecule has 1 aromatic carbocycles. The summed E-state index contributed by atoms with van der Waals surface area (Å²) in [7, 11) is 0. The quantitative estimate of drug-likeness (QED) is 0.647. The van der Waals surface area contributed by atoms with Crippen molar-refractivity contribution in [3.8, 4) is 5.75 Å². The number of hydrogen-bond acceptors (Lipinski definition) is 5. The van der Waals surface area contributed by atoms with Crippen LogP contribution in [0.5, 0.6) is 5.75 Å². The van der Waals surface area contributed by atoms with Gasteiger partial charge in [-0.05, 0) is 55.9 Å². The van der Waals surface area contributed by atoms with Gasteiger partial charge in [-0.2, -0.15) is 0 Å². The number of fused-ring (bicyclic) bond motifs is 1. The summed E-state index contributed by atoms with van der Waals surface area (Å²) >= 11 is 0. The monoisotopic (exact) mass is 453 g/mol. The highest BCUT2D eigenvalue weighted by atomic mass is 16.5. The predicted molar refractivity (Wildman–Crippen MR) is 125 cm³/mol. The Morgan fingerprint density at radius 1 is 1.21 bits per heavy atom. The highest BCUT2D eigenvalue weighted by molar-refractivity contribution is 6.01. The van der Waals surface area contributed by atoms with Crippen LogP contribution in [0.1, 0.15) is 67.8 Å². The molecule has 4 aliphatic rings. The van der Waals surface area contributed by atoms with Gasteiger partial charge in [0.25, 0.3) is 5.91 Å².